The number of nitrogens with two attached hydrogens (primary N) is 1. The molecular weight excluding hydrogens is 332 g/mol. The third-order valence-electron chi connectivity index (χ3n) is 3.57. The number of halogens is 1. The molecule has 0 fully saturated rings. The number of aryl methyl sites for hydroxylation is 2. The standard InChI is InChI=1S/C16H21BrN2S/c1-4-19(14-8-6-5-7-11(14)2)15(10-18)16-9-13(17)12(3)20-16/h5-9,15H,4,10,18H2,1-3H3. The minimum absolute atomic E-state index is 0.232. The van der Waals surface area contributed by atoms with E-state index >= 15 is 0 Å². The Bertz CT molecular complexity index is 560. The Balaban J connectivity index is 2.40. The van der Waals surface area contributed by atoms with E-state index in [4.69, 9.17) is 5.73 Å². The van der Waals surface area contributed by atoms with Crippen molar-refractivity contribution in [2.45, 2.75) is 26.8 Å². The molecule has 20 heavy (non-hydrogen) atoms. The van der Waals surface area contributed by atoms with Gasteiger partial charge in [-0.2, -0.15) is 0 Å². The molecule has 0 aliphatic rings. The molecule has 2 nitrogen and oxygen atoms in total. The third kappa shape index (κ3) is 3.08. The van der Waals surface area contributed by atoms with Crippen LogP contribution < -0.4 is 10.6 Å². The van der Waals surface area contributed by atoms with Crippen molar-refractivity contribution in [1.82, 2.24) is 0 Å². The topological polar surface area (TPSA) is 29.3 Å². The first-order chi connectivity index (χ1) is 9.58. The molecule has 0 radical (unpaired) electrons. The van der Waals surface area contributed by atoms with Gasteiger partial charge in [-0.15, -0.1) is 11.3 Å². The van der Waals surface area contributed by atoms with Gasteiger partial charge in [-0.25, -0.2) is 0 Å². The lowest BCUT2D eigenvalue weighted by atomic mass is 10.1. The first kappa shape index (κ1) is 15.5. The van der Waals surface area contributed by atoms with E-state index in [0.717, 1.165) is 6.54 Å². The summed E-state index contributed by atoms with van der Waals surface area (Å²) in [5.41, 5.74) is 8.64. The Morgan fingerprint density at radius 2 is 2.00 bits per heavy atom. The molecule has 0 aliphatic carbocycles. The van der Waals surface area contributed by atoms with Crippen molar-refractivity contribution in [3.8, 4) is 0 Å². The summed E-state index contributed by atoms with van der Waals surface area (Å²) in [6, 6.07) is 10.9. The van der Waals surface area contributed by atoms with Crippen LogP contribution in [0.1, 0.15) is 28.3 Å². The number of rotatable bonds is 5. The van der Waals surface area contributed by atoms with Crippen LogP contribution in [0.25, 0.3) is 0 Å². The molecule has 1 aromatic heterocycles. The van der Waals surface area contributed by atoms with Crippen LogP contribution >= 0.6 is 27.3 Å². The number of benzene rings is 1. The van der Waals surface area contributed by atoms with Gasteiger partial charge < -0.3 is 10.6 Å². The Hall–Kier alpha value is -0.840. The monoisotopic (exact) mass is 352 g/mol. The van der Waals surface area contributed by atoms with Gasteiger partial charge in [0, 0.05) is 33.0 Å². The number of hydrogen-bond acceptors (Lipinski definition) is 3. The predicted octanol–water partition coefficient (Wildman–Crippen LogP) is 4.65. The zero-order valence-corrected chi connectivity index (χ0v) is 14.6. The van der Waals surface area contributed by atoms with E-state index in [1.165, 1.54) is 25.5 Å². The van der Waals surface area contributed by atoms with Crippen LogP contribution in [0.15, 0.2) is 34.8 Å². The summed E-state index contributed by atoms with van der Waals surface area (Å²) < 4.78 is 1.18. The number of hydrogen-bond donors (Lipinski definition) is 1. The van der Waals surface area contributed by atoms with Gasteiger partial charge in [-0.05, 0) is 54.4 Å². The minimum Gasteiger partial charge on any atom is -0.362 e. The van der Waals surface area contributed by atoms with Gasteiger partial charge in [0.15, 0.2) is 0 Å². The van der Waals surface area contributed by atoms with Crippen molar-refractivity contribution in [2.24, 2.45) is 5.73 Å². The summed E-state index contributed by atoms with van der Waals surface area (Å²) >= 11 is 5.43. The first-order valence-corrected chi connectivity index (χ1v) is 8.47. The molecule has 0 saturated heterocycles. The Morgan fingerprint density at radius 3 is 2.50 bits per heavy atom. The van der Waals surface area contributed by atoms with E-state index in [1.54, 1.807) is 0 Å². The van der Waals surface area contributed by atoms with Crippen molar-refractivity contribution in [1.29, 1.82) is 0 Å². The molecule has 0 aliphatic heterocycles. The number of nitrogens with zero attached hydrogens (tertiary/aromatic N) is 1. The Morgan fingerprint density at radius 1 is 1.30 bits per heavy atom. The lowest BCUT2D eigenvalue weighted by molar-refractivity contribution is 0.651. The van der Waals surface area contributed by atoms with Gasteiger partial charge in [-0.1, -0.05) is 18.2 Å². The zero-order valence-electron chi connectivity index (χ0n) is 12.2. The second-order valence-corrected chi connectivity index (χ2v) is 7.02. The minimum atomic E-state index is 0.232. The Labute approximate surface area is 133 Å². The molecule has 0 bridgehead atoms. The highest BCUT2D eigenvalue weighted by molar-refractivity contribution is 9.10. The third-order valence-corrected chi connectivity index (χ3v) is 5.81. The van der Waals surface area contributed by atoms with Gasteiger partial charge in [0.2, 0.25) is 0 Å². The maximum absolute atomic E-state index is 6.08. The highest BCUT2D eigenvalue weighted by atomic mass is 79.9. The fourth-order valence-corrected chi connectivity index (χ4v) is 4.17. The highest BCUT2D eigenvalue weighted by Crippen LogP contribution is 2.35. The van der Waals surface area contributed by atoms with E-state index in [9.17, 15) is 0 Å². The quantitative estimate of drug-likeness (QED) is 0.848. The van der Waals surface area contributed by atoms with Crippen LogP contribution in [0.2, 0.25) is 0 Å². The fraction of sp³-hybridized carbons (Fsp3) is 0.375. The number of para-hydroxylation sites is 1. The highest BCUT2D eigenvalue weighted by Gasteiger charge is 2.21. The molecule has 1 atom stereocenters. The van der Waals surface area contributed by atoms with Gasteiger partial charge in [0.25, 0.3) is 0 Å². The molecule has 0 spiro atoms. The summed E-state index contributed by atoms with van der Waals surface area (Å²) in [6.45, 7) is 8.04. The predicted molar refractivity (Wildman–Crippen MR) is 92.8 cm³/mol. The number of likely N-dealkylation sites (N-methyl/N-ethyl adjacent to an activating group) is 1. The molecule has 4 heteroatoms. The van der Waals surface area contributed by atoms with Crippen molar-refractivity contribution in [3.05, 3.63) is 50.1 Å². The molecule has 1 unspecified atom stereocenters. The summed E-state index contributed by atoms with van der Waals surface area (Å²) in [5, 5.41) is 0. The normalized spacial score (nSPS) is 12.4. The van der Waals surface area contributed by atoms with Crippen LogP contribution in [0, 0.1) is 13.8 Å². The lowest BCUT2D eigenvalue weighted by Gasteiger charge is -2.32. The van der Waals surface area contributed by atoms with E-state index in [2.05, 4.69) is 71.9 Å². The van der Waals surface area contributed by atoms with Crippen molar-refractivity contribution in [2.75, 3.05) is 18.0 Å². The average Bonchev–Trinajstić information content (AvgIpc) is 2.76. The van der Waals surface area contributed by atoms with Gasteiger partial charge in [-0.3, -0.25) is 0 Å². The van der Waals surface area contributed by atoms with E-state index in [1.807, 2.05) is 11.3 Å². The molecule has 0 saturated carbocycles. The van der Waals surface area contributed by atoms with Crippen LogP contribution in [0.5, 0.6) is 0 Å². The van der Waals surface area contributed by atoms with Gasteiger partial charge >= 0.3 is 0 Å². The van der Waals surface area contributed by atoms with Gasteiger partial charge in [0.05, 0.1) is 6.04 Å². The Kier molecular flexibility index (Phi) is 5.24. The van der Waals surface area contributed by atoms with Gasteiger partial charge in [0.1, 0.15) is 0 Å². The summed E-state index contributed by atoms with van der Waals surface area (Å²) in [4.78, 5) is 5.02. The van der Waals surface area contributed by atoms with Crippen molar-refractivity contribution < 1.29 is 0 Å². The average molecular weight is 353 g/mol. The van der Waals surface area contributed by atoms with Crippen molar-refractivity contribution in [3.63, 3.8) is 0 Å². The molecule has 1 aromatic carbocycles. The first-order valence-electron chi connectivity index (χ1n) is 6.86. The van der Waals surface area contributed by atoms with E-state index in [-0.39, 0.29) is 6.04 Å². The molecule has 108 valence electrons. The summed E-state index contributed by atoms with van der Waals surface area (Å²) in [7, 11) is 0. The van der Waals surface area contributed by atoms with Crippen molar-refractivity contribution >= 4 is 33.0 Å². The zero-order chi connectivity index (χ0) is 14.7. The van der Waals surface area contributed by atoms with E-state index in [0.29, 0.717) is 6.54 Å². The van der Waals surface area contributed by atoms with Crippen LogP contribution in [-0.2, 0) is 0 Å². The number of anilines is 1. The second-order valence-electron chi connectivity index (χ2n) is 4.88. The molecule has 1 heterocycles. The maximum Gasteiger partial charge on any atom is 0.0757 e. The second kappa shape index (κ2) is 6.74. The molecular formula is C16H21BrN2S. The largest absolute Gasteiger partial charge is 0.362 e. The lowest BCUT2D eigenvalue weighted by Crippen LogP contribution is -2.33. The molecule has 2 aromatic rings. The SMILES string of the molecule is CCN(c1ccccc1C)C(CN)c1cc(Br)c(C)s1. The molecule has 2 N–H and O–H groups in total. The molecule has 0 amide bonds. The van der Waals surface area contributed by atoms with E-state index < -0.39 is 0 Å². The number of thiophene rings is 1. The van der Waals surface area contributed by atoms with Crippen LogP contribution in [0.3, 0.4) is 0 Å². The molecule has 2 rings (SSSR count). The summed E-state index contributed by atoms with van der Waals surface area (Å²) in [5.74, 6) is 0. The van der Waals surface area contributed by atoms with Crippen LogP contribution in [0.4, 0.5) is 5.69 Å². The fourth-order valence-electron chi connectivity index (χ4n) is 2.49. The summed E-state index contributed by atoms with van der Waals surface area (Å²) in [6.07, 6.45) is 0. The smallest absolute Gasteiger partial charge is 0.0757 e. The maximum atomic E-state index is 6.08. The van der Waals surface area contributed by atoms with Crippen LogP contribution in [-0.4, -0.2) is 13.1 Å².